The van der Waals surface area contributed by atoms with Crippen molar-refractivity contribution in [3.05, 3.63) is 119 Å². The van der Waals surface area contributed by atoms with Crippen LogP contribution >= 0.6 is 54.5 Å². The number of para-hydroxylation sites is 2. The smallest absolute Gasteiger partial charge is 0.282 e. The first-order valence-electron chi connectivity index (χ1n) is 12.4. The molecule has 6 aromatic rings. The van der Waals surface area contributed by atoms with E-state index in [1.807, 2.05) is 66.7 Å². The van der Waals surface area contributed by atoms with Crippen LogP contribution in [-0.4, -0.2) is 23.0 Å². The maximum Gasteiger partial charge on any atom is 0.282 e. The van der Waals surface area contributed by atoms with Crippen molar-refractivity contribution in [1.82, 2.24) is 9.66 Å². The molecule has 2 aromatic heterocycles. The second-order valence-electron chi connectivity index (χ2n) is 9.02. The highest BCUT2D eigenvalue weighted by Gasteiger charge is 2.17. The van der Waals surface area contributed by atoms with Crippen LogP contribution in [0.1, 0.15) is 11.1 Å². The van der Waals surface area contributed by atoms with Gasteiger partial charge in [-0.15, -0.1) is 0 Å². The van der Waals surface area contributed by atoms with Crippen molar-refractivity contribution in [1.29, 1.82) is 0 Å². The average molecular weight is 785 g/mol. The lowest BCUT2D eigenvalue weighted by molar-refractivity contribution is 0.281. The number of halogens is 3. The van der Waals surface area contributed by atoms with E-state index >= 15 is 0 Å². The molecule has 0 saturated carbocycles. The van der Waals surface area contributed by atoms with E-state index in [4.69, 9.17) is 18.9 Å². The van der Waals surface area contributed by atoms with Crippen molar-refractivity contribution in [2.24, 2.45) is 5.10 Å². The van der Waals surface area contributed by atoms with E-state index in [2.05, 4.69) is 59.6 Å². The maximum atomic E-state index is 13.6. The molecule has 0 atom stereocenters. The molecule has 0 spiro atoms. The van der Waals surface area contributed by atoms with Crippen molar-refractivity contribution in [3.63, 3.8) is 0 Å². The van der Waals surface area contributed by atoms with Gasteiger partial charge >= 0.3 is 0 Å². The molecule has 2 heterocycles. The quantitative estimate of drug-likeness (QED) is 0.120. The second-order valence-corrected chi connectivity index (χ2v) is 12.0. The molecule has 0 bridgehead atoms. The largest absolute Gasteiger partial charge is 0.493 e. The number of hydrogen-bond acceptors (Lipinski definition) is 6. The summed E-state index contributed by atoms with van der Waals surface area (Å²) in [7, 11) is 1.59. The molecule has 0 aliphatic heterocycles. The zero-order valence-electron chi connectivity index (χ0n) is 21.5. The Morgan fingerprint density at radius 2 is 1.83 bits per heavy atom. The Hall–Kier alpha value is -3.48. The summed E-state index contributed by atoms with van der Waals surface area (Å²) in [5, 5.41) is 5.94. The third-order valence-electron chi connectivity index (χ3n) is 6.36. The van der Waals surface area contributed by atoms with E-state index < -0.39 is 0 Å². The van der Waals surface area contributed by atoms with Crippen molar-refractivity contribution < 1.29 is 13.9 Å². The van der Waals surface area contributed by atoms with Crippen LogP contribution in [0.25, 0.3) is 33.5 Å². The van der Waals surface area contributed by atoms with Crippen molar-refractivity contribution in [2.45, 2.75) is 6.61 Å². The molecule has 4 aromatic carbocycles. The third-order valence-corrected chi connectivity index (χ3v) is 8.39. The van der Waals surface area contributed by atoms with Gasteiger partial charge < -0.3 is 13.9 Å². The summed E-state index contributed by atoms with van der Waals surface area (Å²) >= 11 is 9.26. The number of ether oxygens (including phenoxy) is 2. The Morgan fingerprint density at radius 1 is 1.02 bits per heavy atom. The molecule has 0 amide bonds. The number of furan rings is 1. The summed E-state index contributed by atoms with van der Waals surface area (Å²) in [6, 6.07) is 26.4. The van der Waals surface area contributed by atoms with E-state index in [9.17, 15) is 4.79 Å². The predicted octanol–water partition coefficient (Wildman–Crippen LogP) is 8.41. The van der Waals surface area contributed by atoms with E-state index in [1.165, 1.54) is 4.68 Å². The van der Waals surface area contributed by atoms with Gasteiger partial charge in [0.05, 0.1) is 27.8 Å². The summed E-state index contributed by atoms with van der Waals surface area (Å²) in [5.74, 6) is 1.92. The van der Waals surface area contributed by atoms with Crippen LogP contribution < -0.4 is 15.0 Å². The fourth-order valence-corrected chi connectivity index (χ4v) is 6.29. The predicted molar refractivity (Wildman–Crippen MR) is 176 cm³/mol. The molecule has 10 heteroatoms. The highest BCUT2D eigenvalue weighted by molar-refractivity contribution is 14.1. The number of nitrogens with zero attached hydrogens (tertiary/aromatic N) is 3. The molecule has 7 nitrogen and oxygen atoms in total. The number of rotatable bonds is 7. The maximum absolute atomic E-state index is 13.6. The Labute approximate surface area is 265 Å². The first-order valence-corrected chi connectivity index (χ1v) is 15.1. The van der Waals surface area contributed by atoms with E-state index in [0.29, 0.717) is 46.2 Å². The molecule has 0 aliphatic carbocycles. The monoisotopic (exact) mass is 783 g/mol. The van der Waals surface area contributed by atoms with Crippen LogP contribution in [0, 0.1) is 3.57 Å². The van der Waals surface area contributed by atoms with E-state index in [0.717, 1.165) is 29.0 Å². The molecular weight excluding hydrogens is 765 g/mol. The lowest BCUT2D eigenvalue weighted by Crippen LogP contribution is -2.20. The summed E-state index contributed by atoms with van der Waals surface area (Å²) in [4.78, 5) is 18.3. The minimum absolute atomic E-state index is 0.302. The zero-order chi connectivity index (χ0) is 28.5. The Kier molecular flexibility index (Phi) is 7.96. The van der Waals surface area contributed by atoms with Crippen molar-refractivity contribution in [3.8, 4) is 23.1 Å². The normalized spacial score (nSPS) is 11.5. The highest BCUT2D eigenvalue weighted by Crippen LogP contribution is 2.35. The second kappa shape index (κ2) is 11.8. The minimum atomic E-state index is -0.302. The van der Waals surface area contributed by atoms with Gasteiger partial charge in [-0.3, -0.25) is 4.79 Å². The molecule has 204 valence electrons. The topological polar surface area (TPSA) is 78.9 Å². The van der Waals surface area contributed by atoms with Crippen molar-refractivity contribution >= 4 is 82.5 Å². The van der Waals surface area contributed by atoms with Gasteiger partial charge in [0.25, 0.3) is 5.56 Å². The minimum Gasteiger partial charge on any atom is -0.493 e. The molecule has 6 rings (SSSR count). The number of fused-ring (bicyclic) bond motifs is 2. The summed E-state index contributed by atoms with van der Waals surface area (Å²) < 4.78 is 21.9. The summed E-state index contributed by atoms with van der Waals surface area (Å²) in [6.45, 7) is 0.354. The first-order chi connectivity index (χ1) is 19.9. The Morgan fingerprint density at radius 3 is 2.63 bits per heavy atom. The van der Waals surface area contributed by atoms with Gasteiger partial charge in [0, 0.05) is 19.9 Å². The number of benzene rings is 4. The third kappa shape index (κ3) is 5.68. The van der Waals surface area contributed by atoms with Gasteiger partial charge in [-0.05, 0) is 76.7 Å². The molecule has 0 fully saturated rings. The van der Waals surface area contributed by atoms with Gasteiger partial charge in [0.2, 0.25) is 5.82 Å². The van der Waals surface area contributed by atoms with Gasteiger partial charge in [-0.25, -0.2) is 4.98 Å². The number of aromatic nitrogens is 2. The first kappa shape index (κ1) is 27.7. The lowest BCUT2D eigenvalue weighted by atomic mass is 10.2. The van der Waals surface area contributed by atoms with Crippen LogP contribution in [0.3, 0.4) is 0 Å². The van der Waals surface area contributed by atoms with E-state index in [1.54, 1.807) is 31.5 Å². The van der Waals surface area contributed by atoms with Gasteiger partial charge in [0.15, 0.2) is 17.3 Å². The zero-order valence-corrected chi connectivity index (χ0v) is 26.8. The molecule has 0 N–H and O–H groups in total. The Balaban J connectivity index is 1.38. The average Bonchev–Trinajstić information content (AvgIpc) is 3.41. The summed E-state index contributed by atoms with van der Waals surface area (Å²) in [6.07, 6.45) is 1.60. The fourth-order valence-electron chi connectivity index (χ4n) is 4.35. The van der Waals surface area contributed by atoms with Crippen LogP contribution in [0.2, 0.25) is 0 Å². The molecule has 0 saturated heterocycles. The van der Waals surface area contributed by atoms with Crippen LogP contribution in [0.5, 0.6) is 11.5 Å². The SMILES string of the molecule is COc1cc(C=Nn2c(-c3cc4ccccc4o3)nc3ccccc3c2=O)cc(I)c1OCc1ccc(Br)cc1Br. The van der Waals surface area contributed by atoms with Crippen LogP contribution in [0.4, 0.5) is 0 Å². The molecule has 0 radical (unpaired) electrons. The molecule has 0 unspecified atom stereocenters. The lowest BCUT2D eigenvalue weighted by Gasteiger charge is -2.14. The van der Waals surface area contributed by atoms with Gasteiger partial charge in [0.1, 0.15) is 12.2 Å². The van der Waals surface area contributed by atoms with E-state index in [-0.39, 0.29) is 5.56 Å². The molecule has 0 aliphatic rings. The fraction of sp³-hybridized carbons (Fsp3) is 0.0645. The van der Waals surface area contributed by atoms with Crippen molar-refractivity contribution in [2.75, 3.05) is 7.11 Å². The Bertz CT molecular complexity index is 1990. The summed E-state index contributed by atoms with van der Waals surface area (Å²) in [5.41, 5.74) is 2.68. The van der Waals surface area contributed by atoms with Crippen LogP contribution in [-0.2, 0) is 6.61 Å². The highest BCUT2D eigenvalue weighted by atomic mass is 127. The molecular formula is C31H20Br2IN3O4. The van der Waals surface area contributed by atoms with Gasteiger partial charge in [-0.2, -0.15) is 9.78 Å². The standard InChI is InChI=1S/C31H20Br2IN3O4/c1-39-27-13-18(12-24(34)29(27)40-17-20-10-11-21(32)15-23(20)33)16-35-37-30(28-14-19-6-2-5-9-26(19)41-28)36-25-8-4-3-7-22(25)31(37)38/h2-16H,17H2,1H3. The molecule has 41 heavy (non-hydrogen) atoms. The number of methoxy groups -OCH3 is 1. The van der Waals surface area contributed by atoms with Gasteiger partial charge in [-0.1, -0.05) is 68.3 Å². The number of hydrogen-bond donors (Lipinski definition) is 0. The van der Waals surface area contributed by atoms with Crippen LogP contribution in [0.15, 0.2) is 108 Å².